The Hall–Kier alpha value is -3.15. The number of anilines is 2. The van der Waals surface area contributed by atoms with E-state index in [4.69, 9.17) is 10.5 Å². The van der Waals surface area contributed by atoms with E-state index in [2.05, 4.69) is 10.6 Å². The quantitative estimate of drug-likeness (QED) is 0.564. The van der Waals surface area contributed by atoms with Gasteiger partial charge in [-0.3, -0.25) is 19.2 Å². The second kappa shape index (κ2) is 8.30. The SMILES string of the molecule is NC(=O)[C@H](NC(=O)C1CC1)C(=O)Nc1ccc(N2CCOCC2=O)c(C(F)(F)F)c1. The van der Waals surface area contributed by atoms with Gasteiger partial charge in [0.1, 0.15) is 6.61 Å². The molecule has 0 unspecified atom stereocenters. The van der Waals surface area contributed by atoms with Gasteiger partial charge in [0.25, 0.3) is 11.8 Å². The van der Waals surface area contributed by atoms with Gasteiger partial charge in [0.2, 0.25) is 11.8 Å². The van der Waals surface area contributed by atoms with Gasteiger partial charge in [0.05, 0.1) is 17.9 Å². The predicted octanol–water partition coefficient (Wildman–Crippen LogP) is 0.387. The summed E-state index contributed by atoms with van der Waals surface area (Å²) in [4.78, 5) is 48.6. The lowest BCUT2D eigenvalue weighted by Gasteiger charge is -2.29. The highest BCUT2D eigenvalue weighted by Crippen LogP contribution is 2.38. The zero-order valence-corrected chi connectivity index (χ0v) is 15.6. The molecule has 0 radical (unpaired) electrons. The van der Waals surface area contributed by atoms with Gasteiger partial charge in [-0.1, -0.05) is 0 Å². The van der Waals surface area contributed by atoms with Gasteiger partial charge in [-0.15, -0.1) is 0 Å². The third-order valence-corrected chi connectivity index (χ3v) is 4.63. The van der Waals surface area contributed by atoms with Gasteiger partial charge >= 0.3 is 6.18 Å². The van der Waals surface area contributed by atoms with Gasteiger partial charge in [-0.25, -0.2) is 0 Å². The Morgan fingerprint density at radius 2 is 1.93 bits per heavy atom. The first-order chi connectivity index (χ1) is 14.1. The molecule has 3 rings (SSSR count). The van der Waals surface area contributed by atoms with Crippen LogP contribution in [0.2, 0.25) is 0 Å². The topological polar surface area (TPSA) is 131 Å². The first-order valence-corrected chi connectivity index (χ1v) is 9.08. The van der Waals surface area contributed by atoms with Crippen LogP contribution in [-0.4, -0.2) is 49.4 Å². The molecular weight excluding hydrogens is 409 g/mol. The Morgan fingerprint density at radius 1 is 1.23 bits per heavy atom. The number of ether oxygens (including phenoxy) is 1. The second-order valence-corrected chi connectivity index (χ2v) is 6.94. The average molecular weight is 428 g/mol. The molecule has 4 N–H and O–H groups in total. The Bertz CT molecular complexity index is 885. The minimum atomic E-state index is -4.82. The van der Waals surface area contributed by atoms with Crippen molar-refractivity contribution in [3.8, 4) is 0 Å². The van der Waals surface area contributed by atoms with Gasteiger partial charge in [-0.2, -0.15) is 13.2 Å². The number of primary amides is 1. The Morgan fingerprint density at radius 3 is 2.50 bits per heavy atom. The van der Waals surface area contributed by atoms with Crippen LogP contribution in [0.3, 0.4) is 0 Å². The van der Waals surface area contributed by atoms with Crippen LogP contribution in [-0.2, 0) is 30.1 Å². The molecule has 30 heavy (non-hydrogen) atoms. The number of nitrogens with two attached hydrogens (primary N) is 1. The van der Waals surface area contributed by atoms with E-state index in [0.29, 0.717) is 18.9 Å². The van der Waals surface area contributed by atoms with Gasteiger partial charge in [0, 0.05) is 18.2 Å². The molecule has 1 aromatic carbocycles. The molecule has 1 saturated carbocycles. The molecule has 1 aliphatic carbocycles. The van der Waals surface area contributed by atoms with Crippen molar-refractivity contribution < 1.29 is 37.1 Å². The van der Waals surface area contributed by atoms with Crippen LogP contribution < -0.4 is 21.3 Å². The standard InChI is InChI=1S/C18H19F3N4O5/c19-18(20,21)11-7-10(3-4-12(11)25-5-6-30-8-13(25)26)23-17(29)14(15(22)27)24-16(28)9-1-2-9/h3-4,7,9,14H,1-2,5-6,8H2,(H2,22,27)(H,23,29)(H,24,28)/t14-/m0/s1. The first-order valence-electron chi connectivity index (χ1n) is 9.08. The zero-order chi connectivity index (χ0) is 22.1. The van der Waals surface area contributed by atoms with E-state index >= 15 is 0 Å². The van der Waals surface area contributed by atoms with E-state index in [1.54, 1.807) is 0 Å². The molecule has 1 heterocycles. The zero-order valence-electron chi connectivity index (χ0n) is 15.6. The summed E-state index contributed by atoms with van der Waals surface area (Å²) in [7, 11) is 0. The summed E-state index contributed by atoms with van der Waals surface area (Å²) in [5.74, 6) is -3.67. The number of halogens is 3. The predicted molar refractivity (Wildman–Crippen MR) is 97.1 cm³/mol. The van der Waals surface area contributed by atoms with E-state index in [9.17, 15) is 32.3 Å². The number of rotatable bonds is 6. The van der Waals surface area contributed by atoms with Crippen LogP contribution in [0.5, 0.6) is 0 Å². The molecule has 0 bridgehead atoms. The van der Waals surface area contributed by atoms with Crippen molar-refractivity contribution in [2.75, 3.05) is 30.0 Å². The summed E-state index contributed by atoms with van der Waals surface area (Å²) in [6, 6.07) is 1.12. The number of nitrogens with zero attached hydrogens (tertiary/aromatic N) is 1. The Kier molecular flexibility index (Phi) is 5.97. The van der Waals surface area contributed by atoms with E-state index in [1.165, 1.54) is 0 Å². The molecule has 0 aromatic heterocycles. The highest BCUT2D eigenvalue weighted by atomic mass is 19.4. The summed E-state index contributed by atoms with van der Waals surface area (Å²) >= 11 is 0. The highest BCUT2D eigenvalue weighted by Gasteiger charge is 2.38. The third-order valence-electron chi connectivity index (χ3n) is 4.63. The van der Waals surface area contributed by atoms with E-state index in [1.807, 2.05) is 0 Å². The highest BCUT2D eigenvalue weighted by molar-refractivity contribution is 6.11. The fourth-order valence-electron chi connectivity index (χ4n) is 2.93. The van der Waals surface area contributed by atoms with Gasteiger partial charge < -0.3 is 26.0 Å². The van der Waals surface area contributed by atoms with E-state index < -0.39 is 41.4 Å². The number of carbonyl (C=O) groups excluding carboxylic acids is 4. The summed E-state index contributed by atoms with van der Waals surface area (Å²) in [6.45, 7) is -0.302. The number of benzene rings is 1. The molecular formula is C18H19F3N4O5. The summed E-state index contributed by atoms with van der Waals surface area (Å²) in [6.07, 6.45) is -3.58. The molecule has 2 fully saturated rings. The smallest absolute Gasteiger partial charge is 0.370 e. The van der Waals surface area contributed by atoms with Crippen LogP contribution in [0.25, 0.3) is 0 Å². The Labute approximate surface area is 168 Å². The largest absolute Gasteiger partial charge is 0.418 e. The summed E-state index contributed by atoms with van der Waals surface area (Å²) in [5.41, 5.74) is 3.35. The number of nitrogens with one attached hydrogen (secondary N) is 2. The lowest BCUT2D eigenvalue weighted by atomic mass is 10.1. The molecule has 162 valence electrons. The fraction of sp³-hybridized carbons (Fsp3) is 0.444. The molecule has 12 heteroatoms. The van der Waals surface area contributed by atoms with Gasteiger partial charge in [-0.05, 0) is 31.0 Å². The van der Waals surface area contributed by atoms with Crippen LogP contribution in [0.1, 0.15) is 18.4 Å². The number of hydrogen-bond donors (Lipinski definition) is 3. The van der Waals surface area contributed by atoms with Crippen molar-refractivity contribution in [1.29, 1.82) is 0 Å². The number of alkyl halides is 3. The number of hydrogen-bond acceptors (Lipinski definition) is 5. The maximum atomic E-state index is 13.6. The molecule has 4 amide bonds. The van der Waals surface area contributed by atoms with Crippen molar-refractivity contribution in [2.45, 2.75) is 25.1 Å². The minimum Gasteiger partial charge on any atom is -0.370 e. The monoisotopic (exact) mass is 428 g/mol. The third kappa shape index (κ3) is 4.87. The summed E-state index contributed by atoms with van der Waals surface area (Å²) in [5, 5.41) is 4.36. The molecule has 1 aromatic rings. The molecule has 0 spiro atoms. The minimum absolute atomic E-state index is 0.0510. The molecule has 9 nitrogen and oxygen atoms in total. The van der Waals surface area contributed by atoms with Gasteiger partial charge in [0.15, 0.2) is 6.04 Å². The van der Waals surface area contributed by atoms with E-state index in [0.717, 1.165) is 17.0 Å². The first kappa shape index (κ1) is 21.6. The lowest BCUT2D eigenvalue weighted by Crippen LogP contribution is -2.52. The van der Waals surface area contributed by atoms with Crippen LogP contribution >= 0.6 is 0 Å². The van der Waals surface area contributed by atoms with E-state index in [-0.39, 0.29) is 37.1 Å². The number of morpholine rings is 1. The number of amides is 4. The van der Waals surface area contributed by atoms with Crippen molar-refractivity contribution in [2.24, 2.45) is 11.7 Å². The second-order valence-electron chi connectivity index (χ2n) is 6.94. The maximum absolute atomic E-state index is 13.6. The van der Waals surface area contributed by atoms with Crippen LogP contribution in [0.4, 0.5) is 24.5 Å². The molecule has 2 aliphatic rings. The van der Waals surface area contributed by atoms with Crippen molar-refractivity contribution >= 4 is 35.0 Å². The van der Waals surface area contributed by atoms with Crippen LogP contribution in [0, 0.1) is 5.92 Å². The normalized spacial score (nSPS) is 18.0. The van der Waals surface area contributed by atoms with Crippen LogP contribution in [0.15, 0.2) is 18.2 Å². The molecule has 1 aliphatic heterocycles. The fourth-order valence-corrected chi connectivity index (χ4v) is 2.93. The summed E-state index contributed by atoms with van der Waals surface area (Å²) < 4.78 is 45.7. The Balaban J connectivity index is 1.83. The van der Waals surface area contributed by atoms with Crippen molar-refractivity contribution in [1.82, 2.24) is 5.32 Å². The van der Waals surface area contributed by atoms with Crippen molar-refractivity contribution in [3.63, 3.8) is 0 Å². The molecule has 1 atom stereocenters. The molecule has 1 saturated heterocycles. The lowest BCUT2D eigenvalue weighted by molar-refractivity contribution is -0.137. The van der Waals surface area contributed by atoms with Crippen molar-refractivity contribution in [3.05, 3.63) is 23.8 Å². The number of carbonyl (C=O) groups is 4. The average Bonchev–Trinajstić information content (AvgIpc) is 3.51. The maximum Gasteiger partial charge on any atom is 0.418 e.